The van der Waals surface area contributed by atoms with Crippen LogP contribution in [-0.2, 0) is 16.1 Å². The molecule has 0 aliphatic carbocycles. The van der Waals surface area contributed by atoms with Gasteiger partial charge >= 0.3 is 5.97 Å². The largest absolute Gasteiger partial charge is 0.451 e. The zero-order chi connectivity index (χ0) is 17.5. The van der Waals surface area contributed by atoms with E-state index in [0.29, 0.717) is 6.54 Å². The predicted molar refractivity (Wildman–Crippen MR) is 92.1 cm³/mol. The van der Waals surface area contributed by atoms with Crippen LogP contribution in [0.4, 0.5) is 5.69 Å². The molecule has 2 aromatic rings. The van der Waals surface area contributed by atoms with Crippen LogP contribution in [0.5, 0.6) is 0 Å². The third-order valence-electron chi connectivity index (χ3n) is 4.00. The molecule has 1 aromatic heterocycles. The maximum absolute atomic E-state index is 11.8. The summed E-state index contributed by atoms with van der Waals surface area (Å²) in [6.45, 7) is 2.25. The Morgan fingerprint density at radius 2 is 1.88 bits per heavy atom. The summed E-state index contributed by atoms with van der Waals surface area (Å²) in [6.07, 6.45) is 6.62. The number of aromatic nitrogens is 2. The van der Waals surface area contributed by atoms with Gasteiger partial charge in [0.05, 0.1) is 6.20 Å². The highest BCUT2D eigenvalue weighted by Crippen LogP contribution is 2.20. The molecule has 0 spiro atoms. The van der Waals surface area contributed by atoms with E-state index in [-0.39, 0.29) is 18.2 Å². The van der Waals surface area contributed by atoms with Gasteiger partial charge in [-0.2, -0.15) is 0 Å². The maximum atomic E-state index is 11.8. The van der Waals surface area contributed by atoms with Crippen LogP contribution in [0, 0.1) is 0 Å². The smallest absolute Gasteiger partial charge is 0.359 e. The first-order valence-electron chi connectivity index (χ1n) is 8.26. The van der Waals surface area contributed by atoms with Gasteiger partial charge in [-0.1, -0.05) is 12.1 Å². The van der Waals surface area contributed by atoms with Crippen LogP contribution in [0.3, 0.4) is 0 Å². The zero-order valence-corrected chi connectivity index (χ0v) is 13.9. The lowest BCUT2D eigenvalue weighted by molar-refractivity contribution is -0.124. The molecule has 130 valence electrons. The van der Waals surface area contributed by atoms with Gasteiger partial charge in [0.1, 0.15) is 0 Å². The van der Waals surface area contributed by atoms with E-state index in [0.717, 1.165) is 18.7 Å². The van der Waals surface area contributed by atoms with Crippen LogP contribution in [-0.4, -0.2) is 41.5 Å². The first kappa shape index (κ1) is 16.9. The molecule has 1 N–H and O–H groups in total. The fraction of sp³-hybridized carbons (Fsp3) is 0.333. The Morgan fingerprint density at radius 3 is 2.56 bits per heavy atom. The standard InChI is InChI=1S/C18H20N4O3/c23-17(13-25-18(24)16-12-19-7-8-20-16)21-11-14-3-5-15(6-4-14)22-9-1-2-10-22/h3-8,12H,1-2,9-11,13H2,(H,21,23). The van der Waals surface area contributed by atoms with Gasteiger partial charge in [-0.25, -0.2) is 9.78 Å². The van der Waals surface area contributed by atoms with Gasteiger partial charge in [0.25, 0.3) is 5.91 Å². The van der Waals surface area contributed by atoms with E-state index in [9.17, 15) is 9.59 Å². The lowest BCUT2D eigenvalue weighted by atomic mass is 10.2. The highest BCUT2D eigenvalue weighted by atomic mass is 16.5. The predicted octanol–water partition coefficient (Wildman–Crippen LogP) is 1.55. The quantitative estimate of drug-likeness (QED) is 0.803. The molecule has 3 rings (SSSR count). The lowest BCUT2D eigenvalue weighted by Crippen LogP contribution is -2.28. The van der Waals surface area contributed by atoms with Crippen molar-refractivity contribution in [2.45, 2.75) is 19.4 Å². The van der Waals surface area contributed by atoms with Crippen LogP contribution in [0.1, 0.15) is 28.9 Å². The van der Waals surface area contributed by atoms with Crippen LogP contribution < -0.4 is 10.2 Å². The van der Waals surface area contributed by atoms with Crippen molar-refractivity contribution in [1.29, 1.82) is 0 Å². The average Bonchev–Trinajstić information content (AvgIpc) is 3.20. The highest BCUT2D eigenvalue weighted by Gasteiger charge is 2.13. The Bertz CT molecular complexity index is 713. The Kier molecular flexibility index (Phi) is 5.56. The normalized spacial score (nSPS) is 13.5. The van der Waals surface area contributed by atoms with Crippen molar-refractivity contribution in [3.05, 3.63) is 54.1 Å². The van der Waals surface area contributed by atoms with Crippen LogP contribution in [0.15, 0.2) is 42.9 Å². The van der Waals surface area contributed by atoms with Crippen LogP contribution >= 0.6 is 0 Å². The summed E-state index contributed by atoms with van der Waals surface area (Å²) in [4.78, 5) is 33.4. The minimum Gasteiger partial charge on any atom is -0.451 e. The summed E-state index contributed by atoms with van der Waals surface area (Å²) < 4.78 is 4.90. The van der Waals surface area contributed by atoms with Gasteiger partial charge in [0.2, 0.25) is 0 Å². The third-order valence-corrected chi connectivity index (χ3v) is 4.00. The highest BCUT2D eigenvalue weighted by molar-refractivity contribution is 5.89. The van der Waals surface area contributed by atoms with E-state index in [1.54, 1.807) is 0 Å². The molecule has 1 saturated heterocycles. The number of anilines is 1. The number of rotatable bonds is 6. The molecule has 0 saturated carbocycles. The molecule has 1 aromatic carbocycles. The van der Waals surface area contributed by atoms with Crippen molar-refractivity contribution in [2.75, 3.05) is 24.6 Å². The molecule has 0 radical (unpaired) electrons. The molecule has 7 heteroatoms. The number of benzene rings is 1. The first-order chi connectivity index (χ1) is 12.2. The first-order valence-corrected chi connectivity index (χ1v) is 8.26. The number of hydrogen-bond acceptors (Lipinski definition) is 6. The number of carbonyl (C=O) groups is 2. The Balaban J connectivity index is 1.42. The van der Waals surface area contributed by atoms with Gasteiger partial charge in [0, 0.05) is 37.7 Å². The van der Waals surface area contributed by atoms with Gasteiger partial charge in [-0.05, 0) is 30.5 Å². The van der Waals surface area contributed by atoms with E-state index < -0.39 is 5.97 Å². The second kappa shape index (κ2) is 8.23. The summed E-state index contributed by atoms with van der Waals surface area (Å²) in [6, 6.07) is 8.14. The number of nitrogens with zero attached hydrogens (tertiary/aromatic N) is 3. The number of amides is 1. The van der Waals surface area contributed by atoms with Crippen molar-refractivity contribution in [3.8, 4) is 0 Å². The minimum absolute atomic E-state index is 0.0767. The molecule has 2 heterocycles. The molecular formula is C18H20N4O3. The van der Waals surface area contributed by atoms with Gasteiger partial charge < -0.3 is 15.0 Å². The molecule has 0 bridgehead atoms. The fourth-order valence-corrected chi connectivity index (χ4v) is 2.66. The van der Waals surface area contributed by atoms with E-state index in [1.807, 2.05) is 12.1 Å². The van der Waals surface area contributed by atoms with Crippen LogP contribution in [0.2, 0.25) is 0 Å². The lowest BCUT2D eigenvalue weighted by Gasteiger charge is -2.17. The third kappa shape index (κ3) is 4.76. The fourth-order valence-electron chi connectivity index (χ4n) is 2.66. The Morgan fingerprint density at radius 1 is 1.12 bits per heavy atom. The summed E-state index contributed by atoms with van der Waals surface area (Å²) in [5.41, 5.74) is 2.29. The van der Waals surface area contributed by atoms with Crippen molar-refractivity contribution in [2.24, 2.45) is 0 Å². The summed E-state index contributed by atoms with van der Waals surface area (Å²) in [5, 5.41) is 2.73. The van der Waals surface area contributed by atoms with Gasteiger partial charge in [0.15, 0.2) is 12.3 Å². The molecule has 0 unspecified atom stereocenters. The SMILES string of the molecule is O=C(COC(=O)c1cnccn1)NCc1ccc(N2CCCC2)cc1. The molecule has 1 aliphatic heterocycles. The molecule has 1 aliphatic rings. The number of carbonyl (C=O) groups excluding carboxylic acids is 2. The number of nitrogens with one attached hydrogen (secondary N) is 1. The Hall–Kier alpha value is -2.96. The zero-order valence-electron chi connectivity index (χ0n) is 13.9. The van der Waals surface area contributed by atoms with E-state index in [4.69, 9.17) is 4.74 Å². The van der Waals surface area contributed by atoms with E-state index in [1.165, 1.54) is 37.1 Å². The molecule has 25 heavy (non-hydrogen) atoms. The monoisotopic (exact) mass is 340 g/mol. The number of hydrogen-bond donors (Lipinski definition) is 1. The Labute approximate surface area is 146 Å². The second-order valence-electron chi connectivity index (χ2n) is 5.80. The van der Waals surface area contributed by atoms with E-state index >= 15 is 0 Å². The molecule has 1 fully saturated rings. The molecular weight excluding hydrogens is 320 g/mol. The van der Waals surface area contributed by atoms with Gasteiger partial charge in [-0.15, -0.1) is 0 Å². The number of esters is 1. The molecule has 7 nitrogen and oxygen atoms in total. The summed E-state index contributed by atoms with van der Waals surface area (Å²) in [5.74, 6) is -1.03. The van der Waals surface area contributed by atoms with Crippen molar-refractivity contribution in [1.82, 2.24) is 15.3 Å². The van der Waals surface area contributed by atoms with E-state index in [2.05, 4.69) is 32.3 Å². The summed E-state index contributed by atoms with van der Waals surface area (Å²) in [7, 11) is 0. The molecule has 0 atom stereocenters. The maximum Gasteiger partial charge on any atom is 0.359 e. The summed E-state index contributed by atoms with van der Waals surface area (Å²) >= 11 is 0. The van der Waals surface area contributed by atoms with Crippen molar-refractivity contribution < 1.29 is 14.3 Å². The average molecular weight is 340 g/mol. The molecule has 1 amide bonds. The van der Waals surface area contributed by atoms with Crippen molar-refractivity contribution >= 4 is 17.6 Å². The minimum atomic E-state index is -0.668. The van der Waals surface area contributed by atoms with Crippen LogP contribution in [0.25, 0.3) is 0 Å². The van der Waals surface area contributed by atoms with Crippen molar-refractivity contribution in [3.63, 3.8) is 0 Å². The topological polar surface area (TPSA) is 84.4 Å². The second-order valence-corrected chi connectivity index (χ2v) is 5.80. The number of ether oxygens (including phenoxy) is 1. The van der Waals surface area contributed by atoms with Gasteiger partial charge in [-0.3, -0.25) is 9.78 Å².